The van der Waals surface area contributed by atoms with E-state index in [2.05, 4.69) is 18.4 Å². The number of rotatable bonds is 0. The number of allylic oxidation sites excluding steroid dienone is 1. The number of amides is 1. The molecule has 0 N–H and O–H groups in total. The van der Waals surface area contributed by atoms with Crippen LogP contribution in [-0.4, -0.2) is 23.9 Å². The van der Waals surface area contributed by atoms with E-state index in [-0.39, 0.29) is 0 Å². The summed E-state index contributed by atoms with van der Waals surface area (Å²) in [6, 6.07) is 0. The minimum Gasteiger partial charge on any atom is -0.342 e. The third-order valence-electron chi connectivity index (χ3n) is 9.44. The standard InChI is InChI=1S/C22H33NO/c1-15-12-21-9-5-17(15)11-19(21)22-8-4-7-20(3,18(22)6-10-21)13-23(14-22)16(2)24/h17-19H,1,4-14H2,2-3H3/t17-,18+,19?,20?,21+,22?/m0/s1. The molecule has 6 fully saturated rings. The van der Waals surface area contributed by atoms with E-state index in [1.807, 2.05) is 0 Å². The summed E-state index contributed by atoms with van der Waals surface area (Å²) in [7, 11) is 0. The Hall–Kier alpha value is -0.790. The Kier molecular flexibility index (Phi) is 3.01. The number of likely N-dealkylation sites (tertiary alicyclic amines) is 1. The van der Waals surface area contributed by atoms with Gasteiger partial charge in [0.05, 0.1) is 0 Å². The summed E-state index contributed by atoms with van der Waals surface area (Å²) < 4.78 is 0. The van der Waals surface area contributed by atoms with Crippen molar-refractivity contribution in [2.45, 2.75) is 71.6 Å². The largest absolute Gasteiger partial charge is 0.342 e. The van der Waals surface area contributed by atoms with Crippen LogP contribution in [-0.2, 0) is 4.79 Å². The third kappa shape index (κ3) is 1.76. The molecule has 0 aromatic carbocycles. The highest BCUT2D eigenvalue weighted by Gasteiger charge is 2.67. The molecule has 3 unspecified atom stereocenters. The molecule has 24 heavy (non-hydrogen) atoms. The Balaban J connectivity index is 1.61. The molecule has 1 spiro atoms. The summed E-state index contributed by atoms with van der Waals surface area (Å²) >= 11 is 0. The van der Waals surface area contributed by atoms with Crippen molar-refractivity contribution in [2.24, 2.45) is 34.0 Å². The van der Waals surface area contributed by atoms with Crippen LogP contribution in [0, 0.1) is 34.0 Å². The minimum atomic E-state index is 0.311. The zero-order valence-electron chi connectivity index (χ0n) is 15.6. The van der Waals surface area contributed by atoms with Crippen molar-refractivity contribution >= 4 is 5.91 Å². The Bertz CT molecular complexity index is 611. The average Bonchev–Trinajstić information content (AvgIpc) is 2.52. The van der Waals surface area contributed by atoms with Crippen LogP contribution in [0.1, 0.15) is 71.6 Å². The first-order valence-corrected chi connectivity index (χ1v) is 10.3. The lowest BCUT2D eigenvalue weighted by molar-refractivity contribution is -0.217. The second kappa shape index (κ2) is 4.68. The summed E-state index contributed by atoms with van der Waals surface area (Å²) in [5.41, 5.74) is 2.90. The molecule has 5 aliphatic carbocycles. The van der Waals surface area contributed by atoms with Gasteiger partial charge in [-0.05, 0) is 85.4 Å². The summed E-state index contributed by atoms with van der Waals surface area (Å²) in [6.45, 7) is 10.8. The van der Waals surface area contributed by atoms with E-state index in [1.165, 1.54) is 57.8 Å². The van der Waals surface area contributed by atoms with Crippen molar-refractivity contribution in [3.8, 4) is 0 Å². The van der Waals surface area contributed by atoms with Gasteiger partial charge in [0.15, 0.2) is 0 Å². The molecule has 2 nitrogen and oxygen atoms in total. The zero-order chi connectivity index (χ0) is 16.7. The lowest BCUT2D eigenvalue weighted by Crippen LogP contribution is -2.69. The van der Waals surface area contributed by atoms with Gasteiger partial charge in [-0.3, -0.25) is 4.79 Å². The fraction of sp³-hybridized carbons (Fsp3) is 0.864. The van der Waals surface area contributed by atoms with E-state index in [1.54, 1.807) is 12.5 Å². The topological polar surface area (TPSA) is 20.3 Å². The molecule has 0 aromatic heterocycles. The van der Waals surface area contributed by atoms with Gasteiger partial charge in [-0.1, -0.05) is 25.5 Å². The molecule has 2 heteroatoms. The van der Waals surface area contributed by atoms with Crippen molar-refractivity contribution in [1.82, 2.24) is 4.90 Å². The van der Waals surface area contributed by atoms with Gasteiger partial charge in [0.2, 0.25) is 5.91 Å². The maximum absolute atomic E-state index is 12.3. The lowest BCUT2D eigenvalue weighted by atomic mass is 9.35. The number of hydrogen-bond acceptors (Lipinski definition) is 1. The Morgan fingerprint density at radius 2 is 1.92 bits per heavy atom. The summed E-state index contributed by atoms with van der Waals surface area (Å²) in [4.78, 5) is 14.6. The Labute approximate surface area is 147 Å². The molecule has 1 saturated heterocycles. The number of hydrogen-bond donors (Lipinski definition) is 0. The van der Waals surface area contributed by atoms with Gasteiger partial charge in [0.25, 0.3) is 0 Å². The Morgan fingerprint density at radius 3 is 2.67 bits per heavy atom. The van der Waals surface area contributed by atoms with Crippen LogP contribution in [0.2, 0.25) is 0 Å². The molecule has 6 aliphatic rings. The molecule has 1 amide bonds. The molecule has 0 aromatic rings. The zero-order valence-corrected chi connectivity index (χ0v) is 15.6. The van der Waals surface area contributed by atoms with Gasteiger partial charge in [-0.2, -0.15) is 0 Å². The molecule has 1 heterocycles. The number of fused-ring (bicyclic) bond motifs is 2. The number of nitrogens with zero attached hydrogens (tertiary/aromatic N) is 1. The smallest absolute Gasteiger partial charge is 0.219 e. The highest BCUT2D eigenvalue weighted by molar-refractivity contribution is 5.73. The van der Waals surface area contributed by atoms with Crippen LogP contribution in [0.4, 0.5) is 0 Å². The maximum atomic E-state index is 12.3. The van der Waals surface area contributed by atoms with E-state index in [4.69, 9.17) is 0 Å². The molecule has 4 bridgehead atoms. The lowest BCUT2D eigenvalue weighted by Gasteiger charge is -2.72. The van der Waals surface area contributed by atoms with Crippen LogP contribution in [0.5, 0.6) is 0 Å². The fourth-order valence-corrected chi connectivity index (χ4v) is 8.61. The molecule has 6 atom stereocenters. The summed E-state index contributed by atoms with van der Waals surface area (Å²) in [6.07, 6.45) is 12.5. The van der Waals surface area contributed by atoms with Gasteiger partial charge in [-0.15, -0.1) is 0 Å². The molecule has 6 rings (SSSR count). The van der Waals surface area contributed by atoms with E-state index in [9.17, 15) is 4.79 Å². The van der Waals surface area contributed by atoms with E-state index in [0.717, 1.165) is 30.8 Å². The first-order chi connectivity index (χ1) is 11.4. The third-order valence-corrected chi connectivity index (χ3v) is 9.44. The van der Waals surface area contributed by atoms with Crippen molar-refractivity contribution in [2.75, 3.05) is 13.1 Å². The van der Waals surface area contributed by atoms with Gasteiger partial charge in [-0.25, -0.2) is 0 Å². The predicted octanol–water partition coefficient (Wildman–Crippen LogP) is 4.80. The highest BCUT2D eigenvalue weighted by atomic mass is 16.2. The molecule has 1 aliphatic heterocycles. The molecule has 132 valence electrons. The molecular formula is C22H33NO. The maximum Gasteiger partial charge on any atom is 0.219 e. The fourth-order valence-electron chi connectivity index (χ4n) is 8.61. The summed E-state index contributed by atoms with van der Waals surface area (Å²) in [5.74, 6) is 2.81. The Morgan fingerprint density at radius 1 is 1.12 bits per heavy atom. The van der Waals surface area contributed by atoms with Gasteiger partial charge in [0.1, 0.15) is 0 Å². The second-order valence-corrected chi connectivity index (χ2v) is 10.4. The quantitative estimate of drug-likeness (QED) is 0.585. The minimum absolute atomic E-state index is 0.311. The predicted molar refractivity (Wildman–Crippen MR) is 96.4 cm³/mol. The van der Waals surface area contributed by atoms with Crippen molar-refractivity contribution in [3.63, 3.8) is 0 Å². The first kappa shape index (κ1) is 15.5. The van der Waals surface area contributed by atoms with E-state index in [0.29, 0.717) is 22.2 Å². The highest BCUT2D eigenvalue weighted by Crippen LogP contribution is 2.73. The van der Waals surface area contributed by atoms with E-state index >= 15 is 0 Å². The van der Waals surface area contributed by atoms with E-state index < -0.39 is 0 Å². The monoisotopic (exact) mass is 327 g/mol. The van der Waals surface area contributed by atoms with Crippen molar-refractivity contribution < 1.29 is 4.79 Å². The molecular weight excluding hydrogens is 294 g/mol. The van der Waals surface area contributed by atoms with Crippen molar-refractivity contribution in [3.05, 3.63) is 12.2 Å². The van der Waals surface area contributed by atoms with Crippen LogP contribution < -0.4 is 0 Å². The average molecular weight is 328 g/mol. The van der Waals surface area contributed by atoms with Crippen LogP contribution >= 0.6 is 0 Å². The van der Waals surface area contributed by atoms with Gasteiger partial charge >= 0.3 is 0 Å². The van der Waals surface area contributed by atoms with Crippen LogP contribution in [0.3, 0.4) is 0 Å². The number of piperidine rings is 1. The molecule has 5 saturated carbocycles. The number of carbonyl (C=O) groups is 1. The van der Waals surface area contributed by atoms with Gasteiger partial charge in [0, 0.05) is 20.0 Å². The van der Waals surface area contributed by atoms with Crippen LogP contribution in [0.25, 0.3) is 0 Å². The summed E-state index contributed by atoms with van der Waals surface area (Å²) in [5, 5.41) is 0. The van der Waals surface area contributed by atoms with Crippen molar-refractivity contribution in [1.29, 1.82) is 0 Å². The normalized spacial score (nSPS) is 52.7. The number of carbonyl (C=O) groups excluding carboxylic acids is 1. The SMILES string of the molecule is C=C1C[C@]23CC[C@H]1CC2C12CCCC(C)(CN(C(C)=O)C1)[C@H]2CC3. The molecule has 0 radical (unpaired) electrons. The second-order valence-electron chi connectivity index (χ2n) is 10.4. The first-order valence-electron chi connectivity index (χ1n) is 10.3. The van der Waals surface area contributed by atoms with Crippen LogP contribution in [0.15, 0.2) is 12.2 Å². The van der Waals surface area contributed by atoms with Gasteiger partial charge < -0.3 is 4.90 Å².